The molecular formula is C16H20BrFN4OS. The molecule has 1 heterocycles. The highest BCUT2D eigenvalue weighted by Gasteiger charge is 2.15. The number of nitrogens with one attached hydrogen (secondary N) is 2. The van der Waals surface area contributed by atoms with E-state index in [-0.39, 0.29) is 30.7 Å². The number of hydrogen-bond donors (Lipinski definition) is 3. The third-order valence-electron chi connectivity index (χ3n) is 3.60. The summed E-state index contributed by atoms with van der Waals surface area (Å²) in [4.78, 5) is 9.19. The van der Waals surface area contributed by atoms with E-state index >= 15 is 0 Å². The first kappa shape index (κ1) is 19.0. The normalized spacial score (nSPS) is 12.3. The van der Waals surface area contributed by atoms with Crippen LogP contribution in [-0.2, 0) is 0 Å². The second-order valence-corrected chi connectivity index (χ2v) is 7.20. The minimum Gasteiger partial charge on any atom is -0.394 e. The molecule has 5 nitrogen and oxygen atoms in total. The summed E-state index contributed by atoms with van der Waals surface area (Å²) < 4.78 is 13.6. The molecule has 0 aliphatic heterocycles. The van der Waals surface area contributed by atoms with E-state index in [2.05, 4.69) is 36.5 Å². The van der Waals surface area contributed by atoms with Gasteiger partial charge in [0.05, 0.1) is 29.3 Å². The summed E-state index contributed by atoms with van der Waals surface area (Å²) in [6.07, 6.45) is 1.63. The monoisotopic (exact) mass is 414 g/mol. The summed E-state index contributed by atoms with van der Waals surface area (Å²) in [5.41, 5.74) is 1.58. The molecule has 0 bridgehead atoms. The minimum absolute atomic E-state index is 0.00587. The highest BCUT2D eigenvalue weighted by Crippen LogP contribution is 2.28. The van der Waals surface area contributed by atoms with Crippen LogP contribution in [0.4, 0.5) is 21.3 Å². The number of halogens is 2. The van der Waals surface area contributed by atoms with Crippen LogP contribution >= 0.6 is 28.1 Å². The zero-order valence-corrected chi connectivity index (χ0v) is 16.1. The number of aryl methyl sites for hydroxylation is 1. The Morgan fingerprint density at radius 3 is 2.75 bits per heavy atom. The van der Waals surface area contributed by atoms with Crippen LogP contribution in [0.1, 0.15) is 19.4 Å². The first-order chi connectivity index (χ1) is 11.4. The molecule has 0 saturated heterocycles. The Morgan fingerprint density at radius 1 is 1.38 bits per heavy atom. The lowest BCUT2D eigenvalue weighted by Gasteiger charge is -2.21. The highest BCUT2D eigenvalue weighted by molar-refractivity contribution is 9.10. The van der Waals surface area contributed by atoms with Crippen molar-refractivity contribution in [1.29, 1.82) is 0 Å². The molecule has 8 heteroatoms. The molecular weight excluding hydrogens is 395 g/mol. The van der Waals surface area contributed by atoms with E-state index in [1.165, 1.54) is 0 Å². The SMILES string of the molecule is Cc1ccc(Nc2ncc(Br)c(NC(CO)C(C)C)n2)cc1SF. The molecule has 2 aromatic rings. The van der Waals surface area contributed by atoms with E-state index < -0.39 is 0 Å². The number of aliphatic hydroxyl groups is 1. The standard InChI is InChI=1S/C16H20BrFN4OS/c1-9(2)13(8-23)21-15-12(17)7-19-16(22-15)20-11-5-4-10(3)14(6-11)24-18/h4-7,9,13,23H,8H2,1-3H3,(H2,19,20,21,22). The fourth-order valence-corrected chi connectivity index (χ4v) is 2.68. The number of anilines is 3. The van der Waals surface area contributed by atoms with Crippen molar-refractivity contribution in [3.63, 3.8) is 0 Å². The summed E-state index contributed by atoms with van der Waals surface area (Å²) in [6.45, 7) is 5.89. The van der Waals surface area contributed by atoms with E-state index in [0.29, 0.717) is 26.8 Å². The fraction of sp³-hybridized carbons (Fsp3) is 0.375. The predicted molar refractivity (Wildman–Crippen MR) is 100 cm³/mol. The van der Waals surface area contributed by atoms with Crippen molar-refractivity contribution in [2.24, 2.45) is 5.92 Å². The van der Waals surface area contributed by atoms with Gasteiger partial charge in [0.2, 0.25) is 5.95 Å². The summed E-state index contributed by atoms with van der Waals surface area (Å²) in [5, 5.41) is 15.7. The van der Waals surface area contributed by atoms with E-state index in [0.717, 1.165) is 5.56 Å². The predicted octanol–water partition coefficient (Wildman–Crippen LogP) is 4.70. The van der Waals surface area contributed by atoms with Crippen molar-refractivity contribution in [1.82, 2.24) is 9.97 Å². The van der Waals surface area contributed by atoms with Crippen LogP contribution in [0.2, 0.25) is 0 Å². The Morgan fingerprint density at radius 2 is 2.12 bits per heavy atom. The Kier molecular flexibility index (Phi) is 6.82. The number of aliphatic hydroxyl groups excluding tert-OH is 1. The van der Waals surface area contributed by atoms with E-state index in [1.54, 1.807) is 12.3 Å². The van der Waals surface area contributed by atoms with Crippen molar-refractivity contribution in [3.8, 4) is 0 Å². The largest absolute Gasteiger partial charge is 0.394 e. The number of hydrogen-bond acceptors (Lipinski definition) is 6. The zero-order chi connectivity index (χ0) is 17.7. The molecule has 0 aliphatic carbocycles. The van der Waals surface area contributed by atoms with Crippen molar-refractivity contribution in [3.05, 3.63) is 34.4 Å². The molecule has 0 amide bonds. The van der Waals surface area contributed by atoms with Gasteiger partial charge in [-0.2, -0.15) is 8.87 Å². The van der Waals surface area contributed by atoms with Crippen LogP contribution in [0.5, 0.6) is 0 Å². The third-order valence-corrected chi connectivity index (χ3v) is 4.78. The van der Waals surface area contributed by atoms with Gasteiger partial charge in [-0.1, -0.05) is 19.9 Å². The van der Waals surface area contributed by atoms with Gasteiger partial charge in [-0.15, -0.1) is 0 Å². The molecule has 2 rings (SSSR count). The van der Waals surface area contributed by atoms with Gasteiger partial charge in [0, 0.05) is 16.8 Å². The lowest BCUT2D eigenvalue weighted by molar-refractivity contribution is 0.249. The van der Waals surface area contributed by atoms with Gasteiger partial charge in [-0.25, -0.2) is 4.98 Å². The highest BCUT2D eigenvalue weighted by atomic mass is 79.9. The molecule has 0 fully saturated rings. The number of benzene rings is 1. The number of rotatable bonds is 7. The van der Waals surface area contributed by atoms with Crippen LogP contribution in [-0.4, -0.2) is 27.7 Å². The average Bonchev–Trinajstić information content (AvgIpc) is 2.56. The molecule has 3 N–H and O–H groups in total. The van der Waals surface area contributed by atoms with E-state index in [9.17, 15) is 8.99 Å². The number of aromatic nitrogens is 2. The third kappa shape index (κ3) is 4.81. The Balaban J connectivity index is 2.21. The van der Waals surface area contributed by atoms with Crippen LogP contribution in [0.25, 0.3) is 0 Å². The summed E-state index contributed by atoms with van der Waals surface area (Å²) in [7, 11) is 0. The van der Waals surface area contributed by atoms with Gasteiger partial charge >= 0.3 is 0 Å². The van der Waals surface area contributed by atoms with Gasteiger partial charge in [0.15, 0.2) is 0 Å². The maximum atomic E-state index is 12.9. The van der Waals surface area contributed by atoms with Gasteiger partial charge in [0.25, 0.3) is 0 Å². The van der Waals surface area contributed by atoms with Crippen molar-refractivity contribution in [2.75, 3.05) is 17.2 Å². The van der Waals surface area contributed by atoms with Gasteiger partial charge in [-0.3, -0.25) is 0 Å². The summed E-state index contributed by atoms with van der Waals surface area (Å²) >= 11 is 3.62. The summed E-state index contributed by atoms with van der Waals surface area (Å²) in [5.74, 6) is 1.22. The van der Waals surface area contributed by atoms with Gasteiger partial charge < -0.3 is 15.7 Å². The van der Waals surface area contributed by atoms with Crippen molar-refractivity contribution in [2.45, 2.75) is 31.7 Å². The van der Waals surface area contributed by atoms with Gasteiger partial charge in [-0.05, 0) is 46.5 Å². The first-order valence-electron chi connectivity index (χ1n) is 7.50. The molecule has 1 aromatic carbocycles. The average molecular weight is 415 g/mol. The molecule has 24 heavy (non-hydrogen) atoms. The lowest BCUT2D eigenvalue weighted by Crippen LogP contribution is -2.30. The van der Waals surface area contributed by atoms with Crippen LogP contribution in [0, 0.1) is 12.8 Å². The summed E-state index contributed by atoms with van der Waals surface area (Å²) in [6, 6.07) is 5.28. The molecule has 0 radical (unpaired) electrons. The van der Waals surface area contributed by atoms with Crippen molar-refractivity contribution >= 4 is 45.5 Å². The molecule has 1 unspecified atom stereocenters. The molecule has 1 aromatic heterocycles. The molecule has 0 spiro atoms. The maximum absolute atomic E-state index is 12.9. The topological polar surface area (TPSA) is 70.1 Å². The van der Waals surface area contributed by atoms with Gasteiger partial charge in [0.1, 0.15) is 5.82 Å². The Labute approximate surface area is 153 Å². The molecule has 1 atom stereocenters. The van der Waals surface area contributed by atoms with Crippen LogP contribution in [0.15, 0.2) is 33.8 Å². The van der Waals surface area contributed by atoms with Crippen LogP contribution in [0.3, 0.4) is 0 Å². The molecule has 130 valence electrons. The zero-order valence-electron chi connectivity index (χ0n) is 13.7. The quantitative estimate of drug-likeness (QED) is 0.609. The second kappa shape index (κ2) is 8.64. The Hall–Kier alpha value is -1.38. The van der Waals surface area contributed by atoms with Crippen LogP contribution < -0.4 is 10.6 Å². The number of nitrogens with zero attached hydrogens (tertiary/aromatic N) is 2. The van der Waals surface area contributed by atoms with Crippen molar-refractivity contribution < 1.29 is 8.99 Å². The molecule has 0 saturated carbocycles. The maximum Gasteiger partial charge on any atom is 0.229 e. The Bertz CT molecular complexity index is 702. The molecule has 0 aliphatic rings. The lowest BCUT2D eigenvalue weighted by atomic mass is 10.1. The first-order valence-corrected chi connectivity index (χ1v) is 9.01. The minimum atomic E-state index is -0.113. The van der Waals surface area contributed by atoms with E-state index in [1.807, 2.05) is 32.9 Å². The fourth-order valence-electron chi connectivity index (χ4n) is 2.02. The van der Waals surface area contributed by atoms with E-state index in [4.69, 9.17) is 0 Å². The smallest absolute Gasteiger partial charge is 0.229 e. The second-order valence-electron chi connectivity index (χ2n) is 5.75.